The standard InChI is InChI=1S/C14H26O/c1-5-6-7-14(12(2)3)9-8-13(4)10-11-15/h5,13-15H,1-2,6-11H2,3-4H3/t13-,14?/m0/s1. The van der Waals surface area contributed by atoms with Gasteiger partial charge in [-0.3, -0.25) is 0 Å². The first-order valence-corrected chi connectivity index (χ1v) is 5.99. The van der Waals surface area contributed by atoms with Crippen LogP contribution in [0.3, 0.4) is 0 Å². The van der Waals surface area contributed by atoms with E-state index in [1.807, 2.05) is 6.08 Å². The molecule has 1 unspecified atom stereocenters. The zero-order valence-corrected chi connectivity index (χ0v) is 10.3. The molecule has 0 bridgehead atoms. The predicted molar refractivity (Wildman–Crippen MR) is 67.8 cm³/mol. The molecule has 0 aliphatic heterocycles. The smallest absolute Gasteiger partial charge is 0.0433 e. The van der Waals surface area contributed by atoms with Crippen LogP contribution in [0, 0.1) is 11.8 Å². The summed E-state index contributed by atoms with van der Waals surface area (Å²) in [6.07, 6.45) is 7.54. The summed E-state index contributed by atoms with van der Waals surface area (Å²) in [6.45, 7) is 12.4. The average molecular weight is 210 g/mol. The molecule has 1 N–H and O–H groups in total. The van der Waals surface area contributed by atoms with Crippen LogP contribution < -0.4 is 0 Å². The van der Waals surface area contributed by atoms with Gasteiger partial charge < -0.3 is 5.11 Å². The van der Waals surface area contributed by atoms with Gasteiger partial charge in [0.05, 0.1) is 0 Å². The minimum atomic E-state index is 0.311. The Balaban J connectivity index is 3.84. The highest BCUT2D eigenvalue weighted by molar-refractivity contribution is 4.96. The lowest BCUT2D eigenvalue weighted by molar-refractivity contribution is 0.253. The van der Waals surface area contributed by atoms with Gasteiger partial charge in [-0.15, -0.1) is 6.58 Å². The number of aliphatic hydroxyl groups excluding tert-OH is 1. The van der Waals surface area contributed by atoms with Gasteiger partial charge in [-0.25, -0.2) is 0 Å². The van der Waals surface area contributed by atoms with E-state index in [9.17, 15) is 0 Å². The van der Waals surface area contributed by atoms with Gasteiger partial charge in [-0.1, -0.05) is 31.6 Å². The Bertz CT molecular complexity index is 184. The number of hydrogen-bond acceptors (Lipinski definition) is 1. The minimum Gasteiger partial charge on any atom is -0.396 e. The van der Waals surface area contributed by atoms with E-state index in [1.54, 1.807) is 0 Å². The molecule has 0 rings (SSSR count). The molecule has 15 heavy (non-hydrogen) atoms. The summed E-state index contributed by atoms with van der Waals surface area (Å²) in [6, 6.07) is 0. The monoisotopic (exact) mass is 210 g/mol. The van der Waals surface area contributed by atoms with Crippen LogP contribution in [0.5, 0.6) is 0 Å². The highest BCUT2D eigenvalue weighted by Crippen LogP contribution is 2.24. The lowest BCUT2D eigenvalue weighted by Gasteiger charge is -2.18. The van der Waals surface area contributed by atoms with Crippen molar-refractivity contribution >= 4 is 0 Å². The number of rotatable bonds is 9. The van der Waals surface area contributed by atoms with Crippen molar-refractivity contribution in [3.8, 4) is 0 Å². The molecule has 2 atom stereocenters. The Morgan fingerprint density at radius 2 is 1.93 bits per heavy atom. The molecule has 1 heteroatoms. The maximum Gasteiger partial charge on any atom is 0.0433 e. The quantitative estimate of drug-likeness (QED) is 0.571. The molecule has 0 aliphatic rings. The summed E-state index contributed by atoms with van der Waals surface area (Å²) in [5.74, 6) is 1.25. The van der Waals surface area contributed by atoms with E-state index in [-0.39, 0.29) is 0 Å². The topological polar surface area (TPSA) is 20.2 Å². The molecule has 0 heterocycles. The summed E-state index contributed by atoms with van der Waals surface area (Å²) in [5, 5.41) is 8.82. The normalized spacial score (nSPS) is 14.6. The zero-order chi connectivity index (χ0) is 11.7. The highest BCUT2D eigenvalue weighted by atomic mass is 16.3. The summed E-state index contributed by atoms with van der Waals surface area (Å²) >= 11 is 0. The molecule has 0 saturated heterocycles. The molecule has 88 valence electrons. The Kier molecular flexibility index (Phi) is 8.40. The van der Waals surface area contributed by atoms with Crippen molar-refractivity contribution in [3.05, 3.63) is 24.8 Å². The number of allylic oxidation sites excluding steroid dienone is 2. The SMILES string of the molecule is C=CCCC(CC[C@H](C)CCO)C(=C)C. The van der Waals surface area contributed by atoms with E-state index >= 15 is 0 Å². The zero-order valence-electron chi connectivity index (χ0n) is 10.3. The Labute approximate surface area is 94.9 Å². The second kappa shape index (κ2) is 8.72. The molecular weight excluding hydrogens is 184 g/mol. The second-order valence-electron chi connectivity index (χ2n) is 4.60. The van der Waals surface area contributed by atoms with E-state index in [2.05, 4.69) is 27.0 Å². The largest absolute Gasteiger partial charge is 0.396 e. The third-order valence-electron chi connectivity index (χ3n) is 3.05. The molecule has 0 radical (unpaired) electrons. The fourth-order valence-electron chi connectivity index (χ4n) is 1.81. The van der Waals surface area contributed by atoms with Crippen LogP contribution in [0.25, 0.3) is 0 Å². The summed E-state index contributed by atoms with van der Waals surface area (Å²) in [7, 11) is 0. The van der Waals surface area contributed by atoms with Crippen LogP contribution in [0.2, 0.25) is 0 Å². The number of hydrogen-bond donors (Lipinski definition) is 1. The third kappa shape index (κ3) is 7.38. The molecular formula is C14H26O. The first-order valence-electron chi connectivity index (χ1n) is 5.99. The molecule has 0 saturated carbocycles. The molecule has 0 aliphatic carbocycles. The van der Waals surface area contributed by atoms with Gasteiger partial charge in [0.2, 0.25) is 0 Å². The highest BCUT2D eigenvalue weighted by Gasteiger charge is 2.10. The van der Waals surface area contributed by atoms with E-state index in [0.29, 0.717) is 18.4 Å². The Morgan fingerprint density at radius 3 is 2.40 bits per heavy atom. The van der Waals surface area contributed by atoms with Crippen LogP contribution in [0.4, 0.5) is 0 Å². The molecule has 0 amide bonds. The maximum atomic E-state index is 8.82. The lowest BCUT2D eigenvalue weighted by Crippen LogP contribution is -2.05. The molecule has 0 aromatic rings. The van der Waals surface area contributed by atoms with Gasteiger partial charge in [0, 0.05) is 6.61 Å². The van der Waals surface area contributed by atoms with Gasteiger partial charge in [0.15, 0.2) is 0 Å². The molecule has 0 aromatic carbocycles. The first-order chi connectivity index (χ1) is 7.11. The van der Waals surface area contributed by atoms with Crippen LogP contribution in [-0.4, -0.2) is 11.7 Å². The number of aliphatic hydroxyl groups is 1. The van der Waals surface area contributed by atoms with Crippen LogP contribution >= 0.6 is 0 Å². The van der Waals surface area contributed by atoms with Crippen molar-refractivity contribution in [3.63, 3.8) is 0 Å². The van der Waals surface area contributed by atoms with E-state index in [4.69, 9.17) is 5.11 Å². The average Bonchev–Trinajstić information content (AvgIpc) is 2.17. The predicted octanol–water partition coefficient (Wildman–Crippen LogP) is 3.94. The van der Waals surface area contributed by atoms with Crippen LogP contribution in [0.15, 0.2) is 24.8 Å². The van der Waals surface area contributed by atoms with Crippen molar-refractivity contribution in [2.45, 2.75) is 46.0 Å². The maximum absolute atomic E-state index is 8.82. The van der Waals surface area contributed by atoms with Crippen molar-refractivity contribution in [2.75, 3.05) is 6.61 Å². The lowest BCUT2D eigenvalue weighted by atomic mass is 9.88. The van der Waals surface area contributed by atoms with Crippen molar-refractivity contribution in [2.24, 2.45) is 11.8 Å². The van der Waals surface area contributed by atoms with Gasteiger partial charge >= 0.3 is 0 Å². The summed E-state index contributed by atoms with van der Waals surface area (Å²) in [5.41, 5.74) is 1.29. The van der Waals surface area contributed by atoms with Crippen LogP contribution in [0.1, 0.15) is 46.0 Å². The molecule has 0 aromatic heterocycles. The van der Waals surface area contributed by atoms with Crippen molar-refractivity contribution in [1.82, 2.24) is 0 Å². The summed E-state index contributed by atoms with van der Waals surface area (Å²) < 4.78 is 0. The van der Waals surface area contributed by atoms with Crippen molar-refractivity contribution < 1.29 is 5.11 Å². The fraction of sp³-hybridized carbons (Fsp3) is 0.714. The second-order valence-corrected chi connectivity index (χ2v) is 4.60. The van der Waals surface area contributed by atoms with E-state index in [1.165, 1.54) is 24.8 Å². The van der Waals surface area contributed by atoms with E-state index < -0.39 is 0 Å². The Hall–Kier alpha value is -0.560. The third-order valence-corrected chi connectivity index (χ3v) is 3.05. The minimum absolute atomic E-state index is 0.311. The van der Waals surface area contributed by atoms with Gasteiger partial charge in [0.25, 0.3) is 0 Å². The summed E-state index contributed by atoms with van der Waals surface area (Å²) in [4.78, 5) is 0. The van der Waals surface area contributed by atoms with Crippen LogP contribution in [-0.2, 0) is 0 Å². The fourth-order valence-corrected chi connectivity index (χ4v) is 1.81. The molecule has 0 spiro atoms. The molecule has 0 fully saturated rings. The van der Waals surface area contributed by atoms with Gasteiger partial charge in [0.1, 0.15) is 0 Å². The van der Waals surface area contributed by atoms with E-state index in [0.717, 1.165) is 12.8 Å². The first kappa shape index (κ1) is 14.4. The molecule has 1 nitrogen and oxygen atoms in total. The Morgan fingerprint density at radius 1 is 1.27 bits per heavy atom. The van der Waals surface area contributed by atoms with Gasteiger partial charge in [-0.05, 0) is 44.4 Å². The van der Waals surface area contributed by atoms with Crippen molar-refractivity contribution in [1.29, 1.82) is 0 Å². The van der Waals surface area contributed by atoms with Gasteiger partial charge in [-0.2, -0.15) is 0 Å².